The van der Waals surface area contributed by atoms with Crippen molar-refractivity contribution in [2.45, 2.75) is 26.2 Å². The Hall–Kier alpha value is -1.64. The minimum atomic E-state index is -0.375. The van der Waals surface area contributed by atoms with Gasteiger partial charge in [0, 0.05) is 11.5 Å². The Kier molecular flexibility index (Phi) is 2.34. The van der Waals surface area contributed by atoms with Gasteiger partial charge in [0.15, 0.2) is 0 Å². The van der Waals surface area contributed by atoms with E-state index in [-0.39, 0.29) is 22.3 Å². The zero-order valence-corrected chi connectivity index (χ0v) is 9.60. The van der Waals surface area contributed by atoms with Crippen LogP contribution in [-0.2, 0) is 5.41 Å². The van der Waals surface area contributed by atoms with Crippen molar-refractivity contribution in [2.75, 3.05) is 0 Å². The summed E-state index contributed by atoms with van der Waals surface area (Å²) in [6, 6.07) is 6.45. The van der Waals surface area contributed by atoms with Gasteiger partial charge in [-0.3, -0.25) is 4.79 Å². The molecule has 0 bridgehead atoms. The fourth-order valence-corrected chi connectivity index (χ4v) is 1.65. The second kappa shape index (κ2) is 3.44. The molecule has 1 aromatic heterocycles. The van der Waals surface area contributed by atoms with Gasteiger partial charge in [-0.1, -0.05) is 20.8 Å². The Labute approximate surface area is 93.1 Å². The molecule has 2 rings (SSSR count). The number of pyridine rings is 1. The monoisotopic (exact) mass is 219 g/mol. The second-order valence-electron chi connectivity index (χ2n) is 4.99. The maximum absolute atomic E-state index is 13.8. The number of H-pyrrole nitrogens is 1. The van der Waals surface area contributed by atoms with Crippen molar-refractivity contribution in [1.29, 1.82) is 0 Å². The van der Waals surface area contributed by atoms with E-state index in [9.17, 15) is 9.18 Å². The van der Waals surface area contributed by atoms with Gasteiger partial charge in [0.25, 0.3) is 0 Å². The molecule has 0 amide bonds. The lowest BCUT2D eigenvalue weighted by Crippen LogP contribution is -2.12. The fourth-order valence-electron chi connectivity index (χ4n) is 1.65. The van der Waals surface area contributed by atoms with Crippen molar-refractivity contribution in [3.05, 3.63) is 46.0 Å². The fraction of sp³-hybridized carbons (Fsp3) is 0.308. The van der Waals surface area contributed by atoms with Crippen LogP contribution in [0.25, 0.3) is 10.9 Å². The molecular formula is C13H14FNO. The first-order valence-corrected chi connectivity index (χ1v) is 5.21. The van der Waals surface area contributed by atoms with Gasteiger partial charge >= 0.3 is 0 Å². The molecule has 0 atom stereocenters. The SMILES string of the molecule is CC(C)(C)c1cc(F)c2[nH]c(=O)ccc2c1. The average Bonchev–Trinajstić information content (AvgIpc) is 2.17. The summed E-state index contributed by atoms with van der Waals surface area (Å²) in [6.07, 6.45) is 0. The topological polar surface area (TPSA) is 32.9 Å². The van der Waals surface area contributed by atoms with E-state index in [1.807, 2.05) is 26.8 Å². The van der Waals surface area contributed by atoms with Gasteiger partial charge < -0.3 is 4.98 Å². The predicted molar refractivity (Wildman–Crippen MR) is 63.2 cm³/mol. The molecule has 0 unspecified atom stereocenters. The predicted octanol–water partition coefficient (Wildman–Crippen LogP) is 2.96. The Balaban J connectivity index is 2.78. The summed E-state index contributed by atoms with van der Waals surface area (Å²) >= 11 is 0. The lowest BCUT2D eigenvalue weighted by atomic mass is 9.86. The van der Waals surface area contributed by atoms with Crippen molar-refractivity contribution in [3.8, 4) is 0 Å². The molecule has 2 nitrogen and oxygen atoms in total. The van der Waals surface area contributed by atoms with Crippen molar-refractivity contribution >= 4 is 10.9 Å². The van der Waals surface area contributed by atoms with E-state index in [1.54, 1.807) is 6.07 Å². The molecule has 1 aromatic carbocycles. The molecule has 0 aliphatic rings. The molecule has 0 saturated heterocycles. The molecule has 0 aliphatic carbocycles. The maximum atomic E-state index is 13.8. The number of hydrogen-bond acceptors (Lipinski definition) is 1. The normalized spacial score (nSPS) is 12.0. The van der Waals surface area contributed by atoms with Crippen molar-refractivity contribution in [2.24, 2.45) is 0 Å². The molecular weight excluding hydrogens is 205 g/mol. The van der Waals surface area contributed by atoms with Gasteiger partial charge in [0.05, 0.1) is 5.52 Å². The van der Waals surface area contributed by atoms with Gasteiger partial charge in [0.2, 0.25) is 5.56 Å². The van der Waals surface area contributed by atoms with Crippen LogP contribution in [-0.4, -0.2) is 4.98 Å². The lowest BCUT2D eigenvalue weighted by Gasteiger charge is -2.19. The first-order chi connectivity index (χ1) is 7.38. The summed E-state index contributed by atoms with van der Waals surface area (Å²) in [6.45, 7) is 6.08. The summed E-state index contributed by atoms with van der Waals surface area (Å²) in [7, 11) is 0. The van der Waals surface area contributed by atoms with Crippen LogP contribution >= 0.6 is 0 Å². The molecule has 16 heavy (non-hydrogen) atoms. The first-order valence-electron chi connectivity index (χ1n) is 5.21. The van der Waals surface area contributed by atoms with Crippen LogP contribution in [0, 0.1) is 5.82 Å². The van der Waals surface area contributed by atoms with Crippen LogP contribution in [0.4, 0.5) is 4.39 Å². The zero-order valence-electron chi connectivity index (χ0n) is 9.60. The van der Waals surface area contributed by atoms with Gasteiger partial charge in [-0.25, -0.2) is 4.39 Å². The van der Waals surface area contributed by atoms with Gasteiger partial charge in [-0.2, -0.15) is 0 Å². The average molecular weight is 219 g/mol. The van der Waals surface area contributed by atoms with Crippen LogP contribution < -0.4 is 5.56 Å². The van der Waals surface area contributed by atoms with Crippen molar-refractivity contribution < 1.29 is 4.39 Å². The van der Waals surface area contributed by atoms with Crippen LogP contribution in [0.5, 0.6) is 0 Å². The Morgan fingerprint density at radius 3 is 2.50 bits per heavy atom. The van der Waals surface area contributed by atoms with E-state index in [0.717, 1.165) is 10.9 Å². The quantitative estimate of drug-likeness (QED) is 0.726. The summed E-state index contributed by atoms with van der Waals surface area (Å²) in [4.78, 5) is 13.6. The highest BCUT2D eigenvalue weighted by atomic mass is 19.1. The number of halogens is 1. The molecule has 0 aliphatic heterocycles. The van der Waals surface area contributed by atoms with Crippen LogP contribution in [0.15, 0.2) is 29.1 Å². The maximum Gasteiger partial charge on any atom is 0.248 e. The molecule has 0 radical (unpaired) electrons. The van der Waals surface area contributed by atoms with E-state index in [0.29, 0.717) is 0 Å². The minimum Gasteiger partial charge on any atom is -0.319 e. The molecule has 1 N–H and O–H groups in total. The highest BCUT2D eigenvalue weighted by molar-refractivity contribution is 5.79. The molecule has 0 spiro atoms. The van der Waals surface area contributed by atoms with E-state index < -0.39 is 0 Å². The molecule has 0 saturated carbocycles. The number of rotatable bonds is 0. The largest absolute Gasteiger partial charge is 0.319 e. The number of aromatic amines is 1. The molecule has 3 heteroatoms. The van der Waals surface area contributed by atoms with Gasteiger partial charge in [-0.15, -0.1) is 0 Å². The van der Waals surface area contributed by atoms with Crippen molar-refractivity contribution in [1.82, 2.24) is 4.98 Å². The number of benzene rings is 1. The summed E-state index contributed by atoms with van der Waals surface area (Å²) in [5, 5.41) is 0.726. The van der Waals surface area contributed by atoms with Crippen molar-refractivity contribution in [3.63, 3.8) is 0 Å². The van der Waals surface area contributed by atoms with Gasteiger partial charge in [-0.05, 0) is 29.2 Å². The number of fused-ring (bicyclic) bond motifs is 1. The molecule has 0 fully saturated rings. The Morgan fingerprint density at radius 1 is 1.19 bits per heavy atom. The van der Waals surface area contributed by atoms with E-state index in [1.165, 1.54) is 12.1 Å². The molecule has 1 heterocycles. The molecule has 2 aromatic rings. The highest BCUT2D eigenvalue weighted by Gasteiger charge is 2.16. The highest BCUT2D eigenvalue weighted by Crippen LogP contribution is 2.26. The third kappa shape index (κ3) is 1.85. The number of nitrogens with one attached hydrogen (secondary N) is 1. The summed E-state index contributed by atoms with van der Waals surface area (Å²) in [5.41, 5.74) is 0.811. The van der Waals surface area contributed by atoms with E-state index in [2.05, 4.69) is 4.98 Å². The Morgan fingerprint density at radius 2 is 1.88 bits per heavy atom. The Bertz CT molecular complexity index is 593. The smallest absolute Gasteiger partial charge is 0.248 e. The standard InChI is InChI=1S/C13H14FNO/c1-13(2,3)9-6-8-4-5-11(16)15-12(8)10(14)7-9/h4-7H,1-3H3,(H,15,16). The van der Waals surface area contributed by atoms with Crippen LogP contribution in [0.2, 0.25) is 0 Å². The van der Waals surface area contributed by atoms with E-state index >= 15 is 0 Å². The molecule has 84 valence electrons. The zero-order chi connectivity index (χ0) is 11.9. The lowest BCUT2D eigenvalue weighted by molar-refractivity contribution is 0.576. The first kappa shape index (κ1) is 10.9. The summed E-state index contributed by atoms with van der Waals surface area (Å²) < 4.78 is 13.8. The third-order valence-corrected chi connectivity index (χ3v) is 2.65. The number of aromatic nitrogens is 1. The number of hydrogen-bond donors (Lipinski definition) is 1. The summed E-state index contributed by atoms with van der Waals surface area (Å²) in [5.74, 6) is -0.375. The van der Waals surface area contributed by atoms with Crippen LogP contribution in [0.1, 0.15) is 26.3 Å². The van der Waals surface area contributed by atoms with Gasteiger partial charge in [0.1, 0.15) is 5.82 Å². The van der Waals surface area contributed by atoms with Crippen LogP contribution in [0.3, 0.4) is 0 Å². The second-order valence-corrected chi connectivity index (χ2v) is 4.99. The minimum absolute atomic E-state index is 0.106. The third-order valence-electron chi connectivity index (χ3n) is 2.65. The van der Waals surface area contributed by atoms with E-state index in [4.69, 9.17) is 0 Å².